The highest BCUT2D eigenvalue weighted by molar-refractivity contribution is 5.91. The van der Waals surface area contributed by atoms with Gasteiger partial charge in [-0.1, -0.05) is 29.8 Å². The van der Waals surface area contributed by atoms with Crippen molar-refractivity contribution in [3.8, 4) is 17.2 Å². The Hall–Kier alpha value is -2.69. The minimum absolute atomic E-state index is 0.0404. The standard InChI is InChI=1S/C20H25NO4/c1-14-8-10-15(11-9-14)6-5-7-19(22)21-16-12-17(23-2)20(25-4)18(13-16)24-3/h8-13H,5-7H2,1-4H3,(H,21,22). The lowest BCUT2D eigenvalue weighted by atomic mass is 10.1. The molecular formula is C20H25NO4. The van der Waals surface area contributed by atoms with Crippen LogP contribution in [-0.4, -0.2) is 27.2 Å². The summed E-state index contributed by atoms with van der Waals surface area (Å²) in [5, 5.41) is 2.88. The van der Waals surface area contributed by atoms with E-state index in [1.807, 2.05) is 0 Å². The van der Waals surface area contributed by atoms with Gasteiger partial charge in [-0.3, -0.25) is 4.79 Å². The molecule has 1 amide bonds. The van der Waals surface area contributed by atoms with Gasteiger partial charge in [0.05, 0.1) is 21.3 Å². The molecule has 0 saturated carbocycles. The lowest BCUT2D eigenvalue weighted by Crippen LogP contribution is -2.12. The first-order chi connectivity index (χ1) is 12.1. The van der Waals surface area contributed by atoms with Crippen LogP contribution >= 0.6 is 0 Å². The van der Waals surface area contributed by atoms with Gasteiger partial charge in [0.15, 0.2) is 11.5 Å². The van der Waals surface area contributed by atoms with Gasteiger partial charge in [0.25, 0.3) is 0 Å². The molecule has 134 valence electrons. The van der Waals surface area contributed by atoms with Crippen LogP contribution in [-0.2, 0) is 11.2 Å². The predicted octanol–water partition coefficient (Wildman–Crippen LogP) is 3.98. The van der Waals surface area contributed by atoms with E-state index in [2.05, 4.69) is 36.5 Å². The van der Waals surface area contributed by atoms with E-state index in [1.54, 1.807) is 33.5 Å². The van der Waals surface area contributed by atoms with E-state index in [1.165, 1.54) is 11.1 Å². The van der Waals surface area contributed by atoms with Gasteiger partial charge in [-0.15, -0.1) is 0 Å². The van der Waals surface area contributed by atoms with Gasteiger partial charge in [0.2, 0.25) is 11.7 Å². The van der Waals surface area contributed by atoms with Gasteiger partial charge in [-0.25, -0.2) is 0 Å². The molecule has 0 saturated heterocycles. The summed E-state index contributed by atoms with van der Waals surface area (Å²) < 4.78 is 15.9. The Morgan fingerprint density at radius 2 is 1.56 bits per heavy atom. The third-order valence-electron chi connectivity index (χ3n) is 3.94. The molecule has 0 atom stereocenters. The summed E-state index contributed by atoms with van der Waals surface area (Å²) in [4.78, 5) is 12.2. The molecule has 0 aliphatic rings. The summed E-state index contributed by atoms with van der Waals surface area (Å²) in [5.41, 5.74) is 3.10. The van der Waals surface area contributed by atoms with Crippen molar-refractivity contribution >= 4 is 11.6 Å². The van der Waals surface area contributed by atoms with Crippen molar-refractivity contribution < 1.29 is 19.0 Å². The van der Waals surface area contributed by atoms with Gasteiger partial charge < -0.3 is 19.5 Å². The zero-order valence-electron chi connectivity index (χ0n) is 15.2. The molecule has 5 heteroatoms. The number of anilines is 1. The number of nitrogens with one attached hydrogen (secondary N) is 1. The van der Waals surface area contributed by atoms with Crippen molar-refractivity contribution in [2.24, 2.45) is 0 Å². The molecule has 0 aromatic heterocycles. The maximum Gasteiger partial charge on any atom is 0.224 e. The van der Waals surface area contributed by atoms with E-state index in [0.29, 0.717) is 29.4 Å². The fraction of sp³-hybridized carbons (Fsp3) is 0.350. The molecule has 0 bridgehead atoms. The number of hydrogen-bond donors (Lipinski definition) is 1. The number of hydrogen-bond acceptors (Lipinski definition) is 4. The zero-order valence-corrected chi connectivity index (χ0v) is 15.2. The second-order valence-electron chi connectivity index (χ2n) is 5.80. The van der Waals surface area contributed by atoms with Crippen LogP contribution in [0.15, 0.2) is 36.4 Å². The number of ether oxygens (including phenoxy) is 3. The second-order valence-corrected chi connectivity index (χ2v) is 5.80. The van der Waals surface area contributed by atoms with Crippen LogP contribution in [0.25, 0.3) is 0 Å². The van der Waals surface area contributed by atoms with E-state index in [0.717, 1.165) is 12.8 Å². The van der Waals surface area contributed by atoms with Crippen molar-refractivity contribution in [3.05, 3.63) is 47.5 Å². The van der Waals surface area contributed by atoms with E-state index < -0.39 is 0 Å². The number of carbonyl (C=O) groups is 1. The molecule has 2 rings (SSSR count). The molecule has 0 aliphatic heterocycles. The molecule has 0 radical (unpaired) electrons. The molecule has 0 unspecified atom stereocenters. The summed E-state index contributed by atoms with van der Waals surface area (Å²) in [6.45, 7) is 2.06. The third-order valence-corrected chi connectivity index (χ3v) is 3.94. The third kappa shape index (κ3) is 5.14. The monoisotopic (exact) mass is 343 g/mol. The Labute approximate surface area is 148 Å². The number of aryl methyl sites for hydroxylation is 2. The number of carbonyl (C=O) groups excluding carboxylic acids is 1. The van der Waals surface area contributed by atoms with E-state index in [9.17, 15) is 4.79 Å². The summed E-state index contributed by atoms with van der Waals surface area (Å²) >= 11 is 0. The molecule has 0 spiro atoms. The quantitative estimate of drug-likeness (QED) is 0.787. The SMILES string of the molecule is COc1cc(NC(=O)CCCc2ccc(C)cc2)cc(OC)c1OC. The Bertz CT molecular complexity index is 685. The van der Waals surface area contributed by atoms with Gasteiger partial charge >= 0.3 is 0 Å². The van der Waals surface area contributed by atoms with E-state index >= 15 is 0 Å². The molecule has 1 N–H and O–H groups in total. The highest BCUT2D eigenvalue weighted by Crippen LogP contribution is 2.39. The van der Waals surface area contributed by atoms with Gasteiger partial charge in [-0.05, 0) is 25.3 Å². The minimum atomic E-state index is -0.0404. The van der Waals surface area contributed by atoms with Crippen LogP contribution in [0.5, 0.6) is 17.2 Å². The number of rotatable bonds is 8. The Kier molecular flexibility index (Phi) is 6.69. The van der Waals surface area contributed by atoms with Crippen LogP contribution in [0.2, 0.25) is 0 Å². The number of methoxy groups -OCH3 is 3. The fourth-order valence-electron chi connectivity index (χ4n) is 2.58. The summed E-state index contributed by atoms with van der Waals surface area (Å²) in [5.74, 6) is 1.48. The van der Waals surface area contributed by atoms with Crippen LogP contribution in [0, 0.1) is 6.92 Å². The minimum Gasteiger partial charge on any atom is -0.493 e. The number of benzene rings is 2. The molecule has 25 heavy (non-hydrogen) atoms. The van der Waals surface area contributed by atoms with Crippen molar-refractivity contribution in [2.45, 2.75) is 26.2 Å². The van der Waals surface area contributed by atoms with Crippen molar-refractivity contribution in [2.75, 3.05) is 26.6 Å². The molecule has 0 aliphatic carbocycles. The highest BCUT2D eigenvalue weighted by atomic mass is 16.5. The molecule has 0 fully saturated rings. The van der Waals surface area contributed by atoms with Crippen molar-refractivity contribution in [1.82, 2.24) is 0 Å². The van der Waals surface area contributed by atoms with Gasteiger partial charge in [-0.2, -0.15) is 0 Å². The highest BCUT2D eigenvalue weighted by Gasteiger charge is 2.14. The van der Waals surface area contributed by atoms with E-state index in [-0.39, 0.29) is 5.91 Å². The average molecular weight is 343 g/mol. The second kappa shape index (κ2) is 8.97. The molecule has 5 nitrogen and oxygen atoms in total. The fourth-order valence-corrected chi connectivity index (χ4v) is 2.58. The maximum atomic E-state index is 12.2. The van der Waals surface area contributed by atoms with Gasteiger partial charge in [0, 0.05) is 24.2 Å². The molecule has 2 aromatic carbocycles. The van der Waals surface area contributed by atoms with Crippen molar-refractivity contribution in [3.63, 3.8) is 0 Å². The summed E-state index contributed by atoms with van der Waals surface area (Å²) in [7, 11) is 4.64. The first kappa shape index (κ1) is 18.6. The lowest BCUT2D eigenvalue weighted by molar-refractivity contribution is -0.116. The summed E-state index contributed by atoms with van der Waals surface area (Å²) in [6, 6.07) is 11.8. The Balaban J connectivity index is 1.94. The van der Waals surface area contributed by atoms with Crippen LogP contribution in [0.4, 0.5) is 5.69 Å². The summed E-state index contributed by atoms with van der Waals surface area (Å²) in [6.07, 6.45) is 2.12. The molecule has 0 heterocycles. The zero-order chi connectivity index (χ0) is 18.2. The lowest BCUT2D eigenvalue weighted by Gasteiger charge is -2.14. The van der Waals surface area contributed by atoms with Crippen LogP contribution < -0.4 is 19.5 Å². The first-order valence-corrected chi connectivity index (χ1v) is 8.22. The normalized spacial score (nSPS) is 10.2. The number of amides is 1. The topological polar surface area (TPSA) is 56.8 Å². The Morgan fingerprint density at radius 3 is 2.08 bits per heavy atom. The molecular weight excluding hydrogens is 318 g/mol. The maximum absolute atomic E-state index is 12.2. The average Bonchev–Trinajstić information content (AvgIpc) is 2.62. The molecule has 2 aromatic rings. The smallest absolute Gasteiger partial charge is 0.224 e. The van der Waals surface area contributed by atoms with Crippen molar-refractivity contribution in [1.29, 1.82) is 0 Å². The largest absolute Gasteiger partial charge is 0.493 e. The van der Waals surface area contributed by atoms with Crippen LogP contribution in [0.1, 0.15) is 24.0 Å². The van der Waals surface area contributed by atoms with Crippen LogP contribution in [0.3, 0.4) is 0 Å². The predicted molar refractivity (Wildman–Crippen MR) is 98.8 cm³/mol. The Morgan fingerprint density at radius 1 is 0.960 bits per heavy atom. The van der Waals surface area contributed by atoms with E-state index in [4.69, 9.17) is 14.2 Å². The first-order valence-electron chi connectivity index (χ1n) is 8.22. The van der Waals surface area contributed by atoms with Gasteiger partial charge in [0.1, 0.15) is 0 Å².